The number of likely N-dealkylation sites (tertiary alicyclic amines) is 1. The quantitative estimate of drug-likeness (QED) is 0.862. The van der Waals surface area contributed by atoms with Crippen molar-refractivity contribution in [3.8, 4) is 0 Å². The van der Waals surface area contributed by atoms with Crippen molar-refractivity contribution >= 4 is 5.91 Å². The number of amides is 1. The van der Waals surface area contributed by atoms with E-state index in [0.29, 0.717) is 25.2 Å². The van der Waals surface area contributed by atoms with Crippen molar-refractivity contribution in [1.82, 2.24) is 25.1 Å². The van der Waals surface area contributed by atoms with Crippen LogP contribution in [0.5, 0.6) is 0 Å². The summed E-state index contributed by atoms with van der Waals surface area (Å²) in [5, 5.41) is 7.61. The van der Waals surface area contributed by atoms with Gasteiger partial charge >= 0.3 is 0 Å². The molecular weight excluding hydrogens is 342 g/mol. The van der Waals surface area contributed by atoms with Crippen LogP contribution in [0.25, 0.3) is 0 Å². The Hall–Kier alpha value is -2.44. The fourth-order valence-electron chi connectivity index (χ4n) is 4.40. The van der Waals surface area contributed by atoms with E-state index in [2.05, 4.69) is 20.2 Å². The summed E-state index contributed by atoms with van der Waals surface area (Å²) in [4.78, 5) is 33.6. The molecule has 0 radical (unpaired) electrons. The third-order valence-corrected chi connectivity index (χ3v) is 5.79. The maximum absolute atomic E-state index is 12.8. The molecule has 1 amide bonds. The first kappa shape index (κ1) is 17.9. The van der Waals surface area contributed by atoms with Crippen molar-refractivity contribution in [2.24, 2.45) is 0 Å². The zero-order chi connectivity index (χ0) is 18.8. The van der Waals surface area contributed by atoms with Gasteiger partial charge in [-0.05, 0) is 51.0 Å². The minimum absolute atomic E-state index is 0.121. The Morgan fingerprint density at radius 3 is 3.00 bits per heavy atom. The summed E-state index contributed by atoms with van der Waals surface area (Å²) in [6.07, 6.45) is 7.69. The number of carbonyl (C=O) groups is 1. The van der Waals surface area contributed by atoms with Gasteiger partial charge in [-0.2, -0.15) is 5.10 Å². The number of fused-ring (bicyclic) bond motifs is 1. The maximum atomic E-state index is 12.8. The Balaban J connectivity index is 1.38. The molecule has 7 heteroatoms. The molecule has 27 heavy (non-hydrogen) atoms. The fraction of sp³-hybridized carbons (Fsp3) is 0.600. The molecule has 0 aromatic carbocycles. The Kier molecular flexibility index (Phi) is 5.09. The number of aromatic nitrogens is 4. The minimum atomic E-state index is -0.121. The second kappa shape index (κ2) is 7.66. The lowest BCUT2D eigenvalue weighted by atomic mass is 9.93. The molecule has 2 N–H and O–H groups in total. The highest BCUT2D eigenvalue weighted by Gasteiger charge is 2.26. The van der Waals surface area contributed by atoms with Crippen LogP contribution >= 0.6 is 0 Å². The number of nitrogens with one attached hydrogen (secondary N) is 2. The van der Waals surface area contributed by atoms with Crippen LogP contribution in [-0.4, -0.2) is 44.1 Å². The SMILES string of the molecule is Cc1nc([C@@H]2CCCN(C(=O)CCc3n[nH]c4c3CCCC4)C2)cc(=O)[nH]1. The molecule has 1 fully saturated rings. The summed E-state index contributed by atoms with van der Waals surface area (Å²) in [6, 6.07) is 1.57. The highest BCUT2D eigenvalue weighted by atomic mass is 16.2. The minimum Gasteiger partial charge on any atom is -0.342 e. The molecule has 1 atom stereocenters. The summed E-state index contributed by atoms with van der Waals surface area (Å²) in [5.74, 6) is 0.944. The van der Waals surface area contributed by atoms with Crippen LogP contribution in [-0.2, 0) is 24.1 Å². The lowest BCUT2D eigenvalue weighted by Crippen LogP contribution is -2.39. The van der Waals surface area contributed by atoms with E-state index in [1.807, 2.05) is 4.90 Å². The first-order chi connectivity index (χ1) is 13.1. The number of piperidine rings is 1. The van der Waals surface area contributed by atoms with Crippen molar-refractivity contribution in [3.63, 3.8) is 0 Å². The molecule has 0 spiro atoms. The van der Waals surface area contributed by atoms with E-state index < -0.39 is 0 Å². The van der Waals surface area contributed by atoms with Gasteiger partial charge in [0.05, 0.1) is 11.4 Å². The van der Waals surface area contributed by atoms with E-state index in [9.17, 15) is 9.59 Å². The van der Waals surface area contributed by atoms with Crippen molar-refractivity contribution < 1.29 is 4.79 Å². The Labute approximate surface area is 158 Å². The van der Waals surface area contributed by atoms with Gasteiger partial charge in [0.2, 0.25) is 5.91 Å². The number of H-pyrrole nitrogens is 2. The van der Waals surface area contributed by atoms with E-state index in [1.165, 1.54) is 24.1 Å². The van der Waals surface area contributed by atoms with Crippen molar-refractivity contribution in [3.05, 3.63) is 44.9 Å². The number of hydrogen-bond acceptors (Lipinski definition) is 4. The summed E-state index contributed by atoms with van der Waals surface area (Å²) in [5.41, 5.74) is 4.35. The van der Waals surface area contributed by atoms with Crippen molar-refractivity contribution in [2.45, 2.75) is 64.2 Å². The predicted molar refractivity (Wildman–Crippen MR) is 102 cm³/mol. The van der Waals surface area contributed by atoms with Gasteiger partial charge in [0.15, 0.2) is 0 Å². The van der Waals surface area contributed by atoms with Gasteiger partial charge in [0.25, 0.3) is 5.56 Å². The number of nitrogens with zero attached hydrogens (tertiary/aromatic N) is 3. The first-order valence-corrected chi connectivity index (χ1v) is 10.0. The number of aromatic amines is 2. The van der Waals surface area contributed by atoms with Crippen molar-refractivity contribution in [1.29, 1.82) is 0 Å². The molecule has 3 heterocycles. The van der Waals surface area contributed by atoms with Gasteiger partial charge < -0.3 is 9.88 Å². The van der Waals surface area contributed by atoms with E-state index in [4.69, 9.17) is 0 Å². The van der Waals surface area contributed by atoms with Crippen LogP contribution in [0.15, 0.2) is 10.9 Å². The molecule has 2 aliphatic rings. The molecule has 0 unspecified atom stereocenters. The maximum Gasteiger partial charge on any atom is 0.251 e. The van der Waals surface area contributed by atoms with E-state index in [1.54, 1.807) is 13.0 Å². The molecule has 0 saturated carbocycles. The van der Waals surface area contributed by atoms with Gasteiger partial charge in [0.1, 0.15) is 5.82 Å². The van der Waals surface area contributed by atoms with Crippen LogP contribution in [0.3, 0.4) is 0 Å². The van der Waals surface area contributed by atoms with Crippen LogP contribution in [0.1, 0.15) is 66.5 Å². The Morgan fingerprint density at radius 1 is 1.30 bits per heavy atom. The third kappa shape index (κ3) is 3.96. The molecular formula is C20H27N5O2. The van der Waals surface area contributed by atoms with Crippen molar-refractivity contribution in [2.75, 3.05) is 13.1 Å². The molecule has 144 valence electrons. The summed E-state index contributed by atoms with van der Waals surface area (Å²) < 4.78 is 0. The topological polar surface area (TPSA) is 94.7 Å². The molecule has 2 aromatic heterocycles. The smallest absolute Gasteiger partial charge is 0.251 e. The zero-order valence-electron chi connectivity index (χ0n) is 15.9. The number of aryl methyl sites for hydroxylation is 3. The van der Waals surface area contributed by atoms with E-state index in [0.717, 1.165) is 43.6 Å². The van der Waals surface area contributed by atoms with E-state index in [-0.39, 0.29) is 17.4 Å². The number of rotatable bonds is 4. The molecule has 2 aromatic rings. The number of carbonyl (C=O) groups excluding carboxylic acids is 1. The predicted octanol–water partition coefficient (Wildman–Crippen LogP) is 2.02. The summed E-state index contributed by atoms with van der Waals surface area (Å²) >= 11 is 0. The Morgan fingerprint density at radius 2 is 2.15 bits per heavy atom. The molecule has 7 nitrogen and oxygen atoms in total. The summed E-state index contributed by atoms with van der Waals surface area (Å²) in [6.45, 7) is 3.23. The molecule has 1 saturated heterocycles. The first-order valence-electron chi connectivity index (χ1n) is 10.0. The average molecular weight is 369 g/mol. The highest BCUT2D eigenvalue weighted by molar-refractivity contribution is 5.76. The standard InChI is InChI=1S/C20H27N5O2/c1-13-21-18(11-19(26)22-13)14-5-4-10-25(12-14)20(27)9-8-17-15-6-2-3-7-16(15)23-24-17/h11,14H,2-10,12H2,1H3,(H,23,24)(H,21,22,26)/t14-/m1/s1. The number of hydrogen-bond donors (Lipinski definition) is 2. The van der Waals surface area contributed by atoms with Crippen LogP contribution in [0.4, 0.5) is 0 Å². The monoisotopic (exact) mass is 369 g/mol. The van der Waals surface area contributed by atoms with Crippen LogP contribution < -0.4 is 5.56 Å². The van der Waals surface area contributed by atoms with Gasteiger partial charge in [0, 0.05) is 43.6 Å². The van der Waals surface area contributed by atoms with Gasteiger partial charge in [-0.15, -0.1) is 0 Å². The normalized spacial score (nSPS) is 19.7. The average Bonchev–Trinajstić information content (AvgIpc) is 3.09. The lowest BCUT2D eigenvalue weighted by Gasteiger charge is -2.32. The molecule has 0 bridgehead atoms. The molecule has 1 aliphatic carbocycles. The van der Waals surface area contributed by atoms with Gasteiger partial charge in [-0.3, -0.25) is 14.7 Å². The zero-order valence-corrected chi connectivity index (χ0v) is 15.9. The molecule has 4 rings (SSSR count). The fourth-order valence-corrected chi connectivity index (χ4v) is 4.40. The van der Waals surface area contributed by atoms with E-state index >= 15 is 0 Å². The summed E-state index contributed by atoms with van der Waals surface area (Å²) in [7, 11) is 0. The van der Waals surface area contributed by atoms with Crippen LogP contribution in [0, 0.1) is 6.92 Å². The second-order valence-electron chi connectivity index (χ2n) is 7.77. The third-order valence-electron chi connectivity index (χ3n) is 5.79. The highest BCUT2D eigenvalue weighted by Crippen LogP contribution is 2.26. The van der Waals surface area contributed by atoms with Gasteiger partial charge in [-0.25, -0.2) is 4.98 Å². The molecule has 1 aliphatic heterocycles. The van der Waals surface area contributed by atoms with Crippen LogP contribution in [0.2, 0.25) is 0 Å². The lowest BCUT2D eigenvalue weighted by molar-refractivity contribution is -0.132. The second-order valence-corrected chi connectivity index (χ2v) is 7.77. The largest absolute Gasteiger partial charge is 0.342 e. The Bertz CT molecular complexity index is 885. The van der Waals surface area contributed by atoms with Gasteiger partial charge in [-0.1, -0.05) is 0 Å².